The molecule has 0 aliphatic carbocycles. The number of halogens is 2. The summed E-state index contributed by atoms with van der Waals surface area (Å²) in [4.78, 5) is 0. The van der Waals surface area contributed by atoms with E-state index >= 15 is 0 Å². The molecule has 2 nitrogen and oxygen atoms in total. The lowest BCUT2D eigenvalue weighted by atomic mass is 9.99. The highest BCUT2D eigenvalue weighted by molar-refractivity contribution is 9.10. The van der Waals surface area contributed by atoms with Gasteiger partial charge in [0.2, 0.25) is 0 Å². The van der Waals surface area contributed by atoms with E-state index in [4.69, 9.17) is 17.4 Å². The minimum absolute atomic E-state index is 0.0676. The van der Waals surface area contributed by atoms with Crippen LogP contribution in [0.5, 0.6) is 0 Å². The summed E-state index contributed by atoms with van der Waals surface area (Å²) in [7, 11) is 0. The second-order valence-corrected chi connectivity index (χ2v) is 4.96. The maximum absolute atomic E-state index is 6.05. The Labute approximate surface area is 110 Å². The van der Waals surface area contributed by atoms with E-state index in [1.165, 1.54) is 5.57 Å². The molecule has 0 aliphatic rings. The molecule has 0 aliphatic heterocycles. The zero-order chi connectivity index (χ0) is 12.1. The van der Waals surface area contributed by atoms with Gasteiger partial charge in [0.05, 0.1) is 5.02 Å². The van der Waals surface area contributed by atoms with Gasteiger partial charge in [0, 0.05) is 10.5 Å². The van der Waals surface area contributed by atoms with Crippen LogP contribution in [0.1, 0.15) is 31.4 Å². The van der Waals surface area contributed by atoms with Crippen molar-refractivity contribution in [2.24, 2.45) is 5.84 Å². The molecule has 1 atom stereocenters. The van der Waals surface area contributed by atoms with Crippen LogP contribution in [0.15, 0.2) is 34.8 Å². The normalized spacial score (nSPS) is 12.5. The van der Waals surface area contributed by atoms with Crippen LogP contribution in [0.2, 0.25) is 5.02 Å². The summed E-state index contributed by atoms with van der Waals surface area (Å²) in [6, 6.07) is 5.91. The number of hydrazine groups is 1. The van der Waals surface area contributed by atoms with E-state index in [2.05, 4.69) is 34.9 Å². The highest BCUT2D eigenvalue weighted by Crippen LogP contribution is 2.28. The van der Waals surface area contributed by atoms with E-state index in [1.54, 1.807) is 0 Å². The first kappa shape index (κ1) is 13.7. The minimum atomic E-state index is 0.0676. The molecular formula is C12H16BrClN2. The van der Waals surface area contributed by atoms with E-state index in [-0.39, 0.29) is 6.04 Å². The monoisotopic (exact) mass is 302 g/mol. The zero-order valence-electron chi connectivity index (χ0n) is 9.26. The third-order valence-corrected chi connectivity index (χ3v) is 3.77. The fourth-order valence-electron chi connectivity index (χ4n) is 1.44. The van der Waals surface area contributed by atoms with Crippen molar-refractivity contribution in [1.82, 2.24) is 5.43 Å². The zero-order valence-corrected chi connectivity index (χ0v) is 11.6. The molecule has 0 aromatic heterocycles. The van der Waals surface area contributed by atoms with Crippen molar-refractivity contribution in [3.05, 3.63) is 45.4 Å². The molecule has 4 heteroatoms. The third-order valence-electron chi connectivity index (χ3n) is 2.54. The lowest BCUT2D eigenvalue weighted by molar-refractivity contribution is 0.545. The Morgan fingerprint density at radius 2 is 2.31 bits per heavy atom. The van der Waals surface area contributed by atoms with Crippen molar-refractivity contribution >= 4 is 27.5 Å². The highest BCUT2D eigenvalue weighted by Gasteiger charge is 2.11. The van der Waals surface area contributed by atoms with Crippen molar-refractivity contribution in [3.63, 3.8) is 0 Å². The van der Waals surface area contributed by atoms with Gasteiger partial charge in [-0.3, -0.25) is 11.3 Å². The Hall–Kier alpha value is -0.350. The van der Waals surface area contributed by atoms with Gasteiger partial charge in [0.25, 0.3) is 0 Å². The summed E-state index contributed by atoms with van der Waals surface area (Å²) in [5.74, 6) is 5.55. The molecule has 3 N–H and O–H groups in total. The Kier molecular flexibility index (Phi) is 5.49. The van der Waals surface area contributed by atoms with E-state index in [1.807, 2.05) is 18.2 Å². The van der Waals surface area contributed by atoms with Gasteiger partial charge >= 0.3 is 0 Å². The minimum Gasteiger partial charge on any atom is -0.271 e. The Morgan fingerprint density at radius 1 is 1.62 bits per heavy atom. The Bertz CT molecular complexity index is 379. The van der Waals surface area contributed by atoms with Gasteiger partial charge in [-0.25, -0.2) is 0 Å². The molecule has 88 valence electrons. The molecule has 1 aromatic rings. The van der Waals surface area contributed by atoms with Gasteiger partial charge in [-0.1, -0.05) is 36.7 Å². The number of hydrogen-bond acceptors (Lipinski definition) is 2. The second kappa shape index (κ2) is 6.40. The molecule has 0 spiro atoms. The van der Waals surface area contributed by atoms with Gasteiger partial charge in [-0.15, -0.1) is 0 Å². The summed E-state index contributed by atoms with van der Waals surface area (Å²) in [5, 5.41) is 0.694. The molecule has 1 unspecified atom stereocenters. The van der Waals surface area contributed by atoms with Gasteiger partial charge < -0.3 is 0 Å². The van der Waals surface area contributed by atoms with Crippen LogP contribution >= 0.6 is 27.5 Å². The molecule has 0 radical (unpaired) electrons. The van der Waals surface area contributed by atoms with Crippen molar-refractivity contribution in [3.8, 4) is 0 Å². The van der Waals surface area contributed by atoms with Gasteiger partial charge in [-0.2, -0.15) is 0 Å². The lowest BCUT2D eigenvalue weighted by Gasteiger charge is -2.17. The maximum Gasteiger partial charge on any atom is 0.0551 e. The van der Waals surface area contributed by atoms with Gasteiger partial charge in [0.15, 0.2) is 0 Å². The number of nitrogens with two attached hydrogens (primary N) is 1. The predicted molar refractivity (Wildman–Crippen MR) is 73.3 cm³/mol. The molecule has 0 amide bonds. The predicted octanol–water partition coefficient (Wildman–Crippen LogP) is 3.96. The fraction of sp³-hybridized carbons (Fsp3) is 0.333. The quantitative estimate of drug-likeness (QED) is 0.491. The summed E-state index contributed by atoms with van der Waals surface area (Å²) in [6.07, 6.45) is 1.79. The van der Waals surface area contributed by atoms with Crippen LogP contribution in [0.4, 0.5) is 0 Å². The van der Waals surface area contributed by atoms with Crippen LogP contribution in [0, 0.1) is 0 Å². The summed E-state index contributed by atoms with van der Waals surface area (Å²) < 4.78 is 0.892. The Morgan fingerprint density at radius 3 is 2.81 bits per heavy atom. The molecule has 0 bridgehead atoms. The second-order valence-electron chi connectivity index (χ2n) is 3.70. The topological polar surface area (TPSA) is 38.0 Å². The smallest absolute Gasteiger partial charge is 0.0551 e. The first-order valence-electron chi connectivity index (χ1n) is 5.16. The van der Waals surface area contributed by atoms with Crippen LogP contribution < -0.4 is 11.3 Å². The third kappa shape index (κ3) is 3.59. The van der Waals surface area contributed by atoms with Gasteiger partial charge in [-0.05, 0) is 46.5 Å². The summed E-state index contributed by atoms with van der Waals surface area (Å²) in [5.41, 5.74) is 5.04. The maximum atomic E-state index is 6.05. The fourth-order valence-corrected chi connectivity index (χ4v) is 1.87. The van der Waals surface area contributed by atoms with Crippen LogP contribution in [0.3, 0.4) is 0 Å². The van der Waals surface area contributed by atoms with Crippen LogP contribution in [-0.2, 0) is 0 Å². The molecular weight excluding hydrogens is 288 g/mol. The average molecular weight is 304 g/mol. The van der Waals surface area contributed by atoms with Crippen molar-refractivity contribution in [2.45, 2.75) is 25.8 Å². The van der Waals surface area contributed by atoms with Crippen molar-refractivity contribution in [2.75, 3.05) is 0 Å². The van der Waals surface area contributed by atoms with E-state index in [0.717, 1.165) is 22.9 Å². The summed E-state index contributed by atoms with van der Waals surface area (Å²) in [6.45, 7) is 6.08. The lowest BCUT2D eigenvalue weighted by Crippen LogP contribution is -2.28. The SMILES string of the molecule is C=C(CC)CC(NN)c1ccc(Br)c(Cl)c1. The van der Waals surface area contributed by atoms with Crippen LogP contribution in [0.25, 0.3) is 0 Å². The molecule has 0 saturated heterocycles. The van der Waals surface area contributed by atoms with Crippen molar-refractivity contribution in [1.29, 1.82) is 0 Å². The molecule has 16 heavy (non-hydrogen) atoms. The average Bonchev–Trinajstić information content (AvgIpc) is 2.29. The number of hydrogen-bond donors (Lipinski definition) is 2. The van der Waals surface area contributed by atoms with E-state index in [9.17, 15) is 0 Å². The number of benzene rings is 1. The van der Waals surface area contributed by atoms with Crippen LogP contribution in [-0.4, -0.2) is 0 Å². The number of nitrogens with one attached hydrogen (secondary N) is 1. The van der Waals surface area contributed by atoms with Crippen molar-refractivity contribution < 1.29 is 0 Å². The van der Waals surface area contributed by atoms with E-state index in [0.29, 0.717) is 5.02 Å². The van der Waals surface area contributed by atoms with Gasteiger partial charge in [0.1, 0.15) is 0 Å². The first-order valence-corrected chi connectivity index (χ1v) is 6.33. The Balaban J connectivity index is 2.86. The highest BCUT2D eigenvalue weighted by atomic mass is 79.9. The molecule has 0 fully saturated rings. The summed E-state index contributed by atoms with van der Waals surface area (Å²) >= 11 is 9.41. The molecule has 1 aromatic carbocycles. The largest absolute Gasteiger partial charge is 0.271 e. The molecule has 0 saturated carbocycles. The van der Waals surface area contributed by atoms with E-state index < -0.39 is 0 Å². The molecule has 1 rings (SSSR count). The molecule has 0 heterocycles. The standard InChI is InChI=1S/C12H16BrClN2/c1-3-8(2)6-12(16-15)9-4-5-10(13)11(14)7-9/h4-5,7,12,16H,2-3,6,15H2,1H3. The number of rotatable bonds is 5. The first-order chi connectivity index (χ1) is 7.58.